The molecule has 0 unspecified atom stereocenters. The van der Waals surface area contributed by atoms with E-state index in [4.69, 9.17) is 23.1 Å². The lowest BCUT2D eigenvalue weighted by Gasteiger charge is -2.22. The summed E-state index contributed by atoms with van der Waals surface area (Å²) in [7, 11) is 0. The standard InChI is InChI=1S/C28H38ClN5O5/c1-4-5-6-23(34-27(38)22(30)14-21-16(2)11-20(35)12-17(21)3)28(39)32-15-25(36)33-24(26(31)37)13-18-7-9-19(29)10-8-18/h7-12,22-24,35H,4-6,13-15,30H2,1-3H3,(H2,31,37)(H,32,39)(H,33,36)(H,34,38)/t22-,23+,24-/m0/s1. The maximum Gasteiger partial charge on any atom is 0.243 e. The number of benzene rings is 2. The number of nitrogens with one attached hydrogen (secondary N) is 3. The number of primary amides is 1. The van der Waals surface area contributed by atoms with E-state index in [1.165, 1.54) is 0 Å². The summed E-state index contributed by atoms with van der Waals surface area (Å²) >= 11 is 5.88. The number of nitrogens with two attached hydrogens (primary N) is 2. The average Bonchev–Trinajstić information content (AvgIpc) is 2.87. The summed E-state index contributed by atoms with van der Waals surface area (Å²) in [6, 6.07) is 7.21. The molecule has 3 atom stereocenters. The molecule has 10 nitrogen and oxygen atoms in total. The second kappa shape index (κ2) is 15.1. The monoisotopic (exact) mass is 559 g/mol. The number of unbranched alkanes of at least 4 members (excludes halogenated alkanes) is 1. The second-order valence-corrected chi connectivity index (χ2v) is 10.1. The van der Waals surface area contributed by atoms with E-state index in [0.29, 0.717) is 17.9 Å². The predicted molar refractivity (Wildman–Crippen MR) is 150 cm³/mol. The molecule has 212 valence electrons. The highest BCUT2D eigenvalue weighted by atomic mass is 35.5. The van der Waals surface area contributed by atoms with Crippen molar-refractivity contribution in [3.63, 3.8) is 0 Å². The third-order valence-electron chi connectivity index (χ3n) is 6.38. The Morgan fingerprint density at radius 2 is 1.56 bits per heavy atom. The first kappa shape index (κ1) is 31.6. The summed E-state index contributed by atoms with van der Waals surface area (Å²) in [5, 5.41) is 18.0. The fourth-order valence-electron chi connectivity index (χ4n) is 4.18. The van der Waals surface area contributed by atoms with Gasteiger partial charge in [-0.2, -0.15) is 0 Å². The van der Waals surface area contributed by atoms with Crippen molar-refractivity contribution in [3.05, 3.63) is 63.7 Å². The van der Waals surface area contributed by atoms with E-state index < -0.39 is 48.3 Å². The van der Waals surface area contributed by atoms with Crippen LogP contribution in [0.2, 0.25) is 5.02 Å². The molecule has 0 aromatic heterocycles. The van der Waals surface area contributed by atoms with Gasteiger partial charge in [-0.05, 0) is 73.2 Å². The number of halogens is 1. The van der Waals surface area contributed by atoms with Crippen LogP contribution in [0.4, 0.5) is 0 Å². The molecule has 0 spiro atoms. The molecular weight excluding hydrogens is 522 g/mol. The number of hydrogen-bond acceptors (Lipinski definition) is 6. The van der Waals surface area contributed by atoms with Gasteiger partial charge >= 0.3 is 0 Å². The lowest BCUT2D eigenvalue weighted by Crippen LogP contribution is -2.54. The Kier molecular flexibility index (Phi) is 12.2. The van der Waals surface area contributed by atoms with Gasteiger partial charge in [0.15, 0.2) is 0 Å². The molecule has 2 aromatic carbocycles. The van der Waals surface area contributed by atoms with Crippen molar-refractivity contribution in [2.75, 3.05) is 6.54 Å². The van der Waals surface area contributed by atoms with E-state index in [0.717, 1.165) is 28.7 Å². The first-order valence-electron chi connectivity index (χ1n) is 12.9. The molecular formula is C28H38ClN5O5. The highest BCUT2D eigenvalue weighted by Gasteiger charge is 2.25. The Morgan fingerprint density at radius 1 is 0.949 bits per heavy atom. The number of aryl methyl sites for hydroxylation is 2. The van der Waals surface area contributed by atoms with Gasteiger partial charge in [-0.3, -0.25) is 19.2 Å². The predicted octanol–water partition coefficient (Wildman–Crippen LogP) is 1.54. The lowest BCUT2D eigenvalue weighted by molar-refractivity contribution is -0.131. The first-order chi connectivity index (χ1) is 18.4. The zero-order valence-corrected chi connectivity index (χ0v) is 23.3. The van der Waals surface area contributed by atoms with Crippen LogP contribution in [0.25, 0.3) is 0 Å². The molecule has 39 heavy (non-hydrogen) atoms. The van der Waals surface area contributed by atoms with Crippen molar-refractivity contribution in [2.45, 2.75) is 71.0 Å². The number of aromatic hydroxyl groups is 1. The zero-order chi connectivity index (χ0) is 29.1. The van der Waals surface area contributed by atoms with Crippen LogP contribution >= 0.6 is 11.6 Å². The molecule has 4 amide bonds. The van der Waals surface area contributed by atoms with Gasteiger partial charge in [-0.15, -0.1) is 0 Å². The summed E-state index contributed by atoms with van der Waals surface area (Å²) in [6.45, 7) is 5.21. The van der Waals surface area contributed by atoms with Crippen LogP contribution < -0.4 is 27.4 Å². The maximum absolute atomic E-state index is 12.9. The van der Waals surface area contributed by atoms with Crippen LogP contribution in [0, 0.1) is 13.8 Å². The minimum absolute atomic E-state index is 0.138. The molecule has 0 fully saturated rings. The number of rotatable bonds is 14. The highest BCUT2D eigenvalue weighted by Crippen LogP contribution is 2.22. The SMILES string of the molecule is CCCC[C@@H](NC(=O)[C@@H](N)Cc1c(C)cc(O)cc1C)C(=O)NCC(=O)N[C@@H](Cc1ccc(Cl)cc1)C(N)=O. The van der Waals surface area contributed by atoms with E-state index in [1.807, 2.05) is 20.8 Å². The van der Waals surface area contributed by atoms with Crippen molar-refractivity contribution >= 4 is 35.2 Å². The van der Waals surface area contributed by atoms with Crippen molar-refractivity contribution < 1.29 is 24.3 Å². The van der Waals surface area contributed by atoms with Gasteiger partial charge in [0.2, 0.25) is 23.6 Å². The second-order valence-electron chi connectivity index (χ2n) is 9.64. The molecule has 0 bridgehead atoms. The summed E-state index contributed by atoms with van der Waals surface area (Å²) in [5.41, 5.74) is 14.8. The number of phenols is 1. The fourth-order valence-corrected chi connectivity index (χ4v) is 4.30. The first-order valence-corrected chi connectivity index (χ1v) is 13.2. The molecule has 0 aliphatic heterocycles. The Labute approximate surface area is 233 Å². The smallest absolute Gasteiger partial charge is 0.243 e. The molecule has 2 aromatic rings. The largest absolute Gasteiger partial charge is 0.508 e. The highest BCUT2D eigenvalue weighted by molar-refractivity contribution is 6.30. The minimum atomic E-state index is -0.976. The third-order valence-corrected chi connectivity index (χ3v) is 6.63. The fraction of sp³-hybridized carbons (Fsp3) is 0.429. The molecule has 0 aliphatic carbocycles. The Morgan fingerprint density at radius 3 is 2.13 bits per heavy atom. The summed E-state index contributed by atoms with van der Waals surface area (Å²) in [4.78, 5) is 50.1. The van der Waals surface area contributed by atoms with E-state index in [1.54, 1.807) is 36.4 Å². The third kappa shape index (κ3) is 10.2. The van der Waals surface area contributed by atoms with Crippen LogP contribution in [0.15, 0.2) is 36.4 Å². The number of amides is 4. The van der Waals surface area contributed by atoms with E-state index in [9.17, 15) is 24.3 Å². The number of carbonyl (C=O) groups is 4. The van der Waals surface area contributed by atoms with Gasteiger partial charge in [0, 0.05) is 11.4 Å². The van der Waals surface area contributed by atoms with Crippen LogP contribution in [-0.2, 0) is 32.0 Å². The summed E-state index contributed by atoms with van der Waals surface area (Å²) in [5.74, 6) is -2.22. The molecule has 2 rings (SSSR count). The van der Waals surface area contributed by atoms with Gasteiger partial charge in [-0.1, -0.05) is 43.5 Å². The van der Waals surface area contributed by atoms with E-state index >= 15 is 0 Å². The maximum atomic E-state index is 12.9. The van der Waals surface area contributed by atoms with Gasteiger partial charge in [0.05, 0.1) is 12.6 Å². The number of hydrogen-bond donors (Lipinski definition) is 6. The van der Waals surface area contributed by atoms with Gasteiger partial charge in [0.25, 0.3) is 0 Å². The molecule has 0 radical (unpaired) electrons. The summed E-state index contributed by atoms with van der Waals surface area (Å²) in [6.07, 6.45) is 2.22. The average molecular weight is 560 g/mol. The minimum Gasteiger partial charge on any atom is -0.508 e. The molecule has 0 heterocycles. The Hall–Kier alpha value is -3.63. The molecule has 0 saturated carbocycles. The van der Waals surface area contributed by atoms with Crippen molar-refractivity contribution in [1.29, 1.82) is 0 Å². The van der Waals surface area contributed by atoms with Crippen LogP contribution in [0.3, 0.4) is 0 Å². The van der Waals surface area contributed by atoms with E-state index in [-0.39, 0.29) is 18.6 Å². The normalized spacial score (nSPS) is 13.2. The van der Waals surface area contributed by atoms with Gasteiger partial charge < -0.3 is 32.5 Å². The van der Waals surface area contributed by atoms with Crippen LogP contribution in [0.1, 0.15) is 48.4 Å². The molecule has 0 aliphatic rings. The number of carbonyl (C=O) groups excluding carboxylic acids is 4. The van der Waals surface area contributed by atoms with Crippen LogP contribution in [-0.4, -0.2) is 53.4 Å². The quantitative estimate of drug-likeness (QED) is 0.204. The van der Waals surface area contributed by atoms with Gasteiger partial charge in [-0.25, -0.2) is 0 Å². The molecule has 8 N–H and O–H groups in total. The van der Waals surface area contributed by atoms with Crippen LogP contribution in [0.5, 0.6) is 5.75 Å². The molecule has 11 heteroatoms. The topological polar surface area (TPSA) is 177 Å². The summed E-state index contributed by atoms with van der Waals surface area (Å²) < 4.78 is 0. The van der Waals surface area contributed by atoms with Crippen molar-refractivity contribution in [1.82, 2.24) is 16.0 Å². The van der Waals surface area contributed by atoms with E-state index in [2.05, 4.69) is 16.0 Å². The molecule has 0 saturated heterocycles. The van der Waals surface area contributed by atoms with Crippen molar-refractivity contribution in [2.24, 2.45) is 11.5 Å². The van der Waals surface area contributed by atoms with Gasteiger partial charge in [0.1, 0.15) is 17.8 Å². The lowest BCUT2D eigenvalue weighted by atomic mass is 9.95. The van der Waals surface area contributed by atoms with Crippen molar-refractivity contribution in [3.8, 4) is 5.75 Å². The Bertz CT molecular complexity index is 1150. The Balaban J connectivity index is 1.96. The zero-order valence-electron chi connectivity index (χ0n) is 22.6. The number of phenolic OH excluding ortho intramolecular Hbond substituents is 1.